The maximum atomic E-state index is 11.6. The number of methoxy groups -OCH3 is 1. The molecule has 0 aromatic heterocycles. The molecule has 1 aromatic carbocycles. The lowest BCUT2D eigenvalue weighted by atomic mass is 10.1. The van der Waals surface area contributed by atoms with Gasteiger partial charge in [0, 0.05) is 6.54 Å². The van der Waals surface area contributed by atoms with Gasteiger partial charge in [-0.3, -0.25) is 4.79 Å². The zero-order chi connectivity index (χ0) is 13.9. The van der Waals surface area contributed by atoms with Crippen LogP contribution in [0.2, 0.25) is 0 Å². The van der Waals surface area contributed by atoms with E-state index >= 15 is 0 Å². The first-order chi connectivity index (χ1) is 9.05. The molecule has 1 aliphatic rings. The molecule has 0 atom stereocenters. The summed E-state index contributed by atoms with van der Waals surface area (Å²) in [7, 11) is 1.35. The molecular formula is C14H18N2O3. The minimum Gasteiger partial charge on any atom is -0.465 e. The predicted octanol–water partition coefficient (Wildman–Crippen LogP) is 0.623. The summed E-state index contributed by atoms with van der Waals surface area (Å²) in [4.78, 5) is 22.9. The molecule has 102 valence electrons. The van der Waals surface area contributed by atoms with Gasteiger partial charge in [0.05, 0.1) is 18.2 Å². The molecule has 2 rings (SSSR count). The summed E-state index contributed by atoms with van der Waals surface area (Å²) < 4.78 is 4.62. The third-order valence-electron chi connectivity index (χ3n) is 3.32. The topological polar surface area (TPSA) is 81.4 Å². The number of carbonyl (C=O) groups is 2. The van der Waals surface area contributed by atoms with E-state index in [-0.39, 0.29) is 11.9 Å². The minimum atomic E-state index is -0.616. The summed E-state index contributed by atoms with van der Waals surface area (Å²) in [5, 5.41) is 2.83. The smallest absolute Gasteiger partial charge is 0.337 e. The summed E-state index contributed by atoms with van der Waals surface area (Å²) >= 11 is 0. The predicted molar refractivity (Wildman–Crippen MR) is 70.6 cm³/mol. The van der Waals surface area contributed by atoms with Gasteiger partial charge in [-0.1, -0.05) is 12.1 Å². The van der Waals surface area contributed by atoms with E-state index in [4.69, 9.17) is 5.73 Å². The molecule has 1 aromatic rings. The zero-order valence-corrected chi connectivity index (χ0v) is 10.9. The molecule has 3 N–H and O–H groups in total. The van der Waals surface area contributed by atoms with Crippen LogP contribution < -0.4 is 11.1 Å². The van der Waals surface area contributed by atoms with E-state index in [1.54, 1.807) is 12.1 Å². The molecule has 1 amide bonds. The van der Waals surface area contributed by atoms with Crippen LogP contribution in [0, 0.1) is 0 Å². The average Bonchev–Trinajstić information content (AvgIpc) is 3.18. The van der Waals surface area contributed by atoms with Gasteiger partial charge in [0.2, 0.25) is 5.91 Å². The molecule has 5 nitrogen and oxygen atoms in total. The number of hydrogen-bond donors (Lipinski definition) is 2. The Bertz CT molecular complexity index is 478. The van der Waals surface area contributed by atoms with Crippen LogP contribution in [0.3, 0.4) is 0 Å². The molecule has 19 heavy (non-hydrogen) atoms. The Morgan fingerprint density at radius 1 is 1.32 bits per heavy atom. The standard InChI is InChI=1S/C14H18N2O3/c1-19-12(17)11-4-2-10(3-5-11)6-9-16-13(18)14(15)7-8-14/h2-5H,6-9,15H2,1H3,(H,16,18). The second-order valence-electron chi connectivity index (χ2n) is 4.85. The first-order valence-corrected chi connectivity index (χ1v) is 6.29. The third kappa shape index (κ3) is 3.32. The van der Waals surface area contributed by atoms with Crippen molar-refractivity contribution in [1.29, 1.82) is 0 Å². The van der Waals surface area contributed by atoms with Crippen molar-refractivity contribution in [3.8, 4) is 0 Å². The van der Waals surface area contributed by atoms with E-state index in [0.29, 0.717) is 18.5 Å². The van der Waals surface area contributed by atoms with Gasteiger partial charge in [0.25, 0.3) is 0 Å². The number of rotatable bonds is 5. The SMILES string of the molecule is COC(=O)c1ccc(CCNC(=O)C2(N)CC2)cc1. The first-order valence-electron chi connectivity index (χ1n) is 6.29. The molecule has 0 aliphatic heterocycles. The van der Waals surface area contributed by atoms with Crippen molar-refractivity contribution in [1.82, 2.24) is 5.32 Å². The highest BCUT2D eigenvalue weighted by Gasteiger charge is 2.45. The molecule has 0 unspecified atom stereocenters. The van der Waals surface area contributed by atoms with Crippen LogP contribution >= 0.6 is 0 Å². The number of benzene rings is 1. The number of nitrogens with one attached hydrogen (secondary N) is 1. The highest BCUT2D eigenvalue weighted by Crippen LogP contribution is 2.31. The van der Waals surface area contributed by atoms with E-state index in [0.717, 1.165) is 18.4 Å². The van der Waals surface area contributed by atoms with Gasteiger partial charge >= 0.3 is 5.97 Å². The van der Waals surface area contributed by atoms with E-state index in [2.05, 4.69) is 10.1 Å². The van der Waals surface area contributed by atoms with Gasteiger partial charge in [0.1, 0.15) is 0 Å². The quantitative estimate of drug-likeness (QED) is 0.762. The first kappa shape index (κ1) is 13.5. The van der Waals surface area contributed by atoms with Crippen molar-refractivity contribution in [2.45, 2.75) is 24.8 Å². The van der Waals surface area contributed by atoms with Gasteiger partial charge in [-0.25, -0.2) is 4.79 Å². The molecule has 0 bridgehead atoms. The Labute approximate surface area is 112 Å². The van der Waals surface area contributed by atoms with E-state index in [1.165, 1.54) is 7.11 Å². The van der Waals surface area contributed by atoms with Gasteiger partial charge in [-0.05, 0) is 37.0 Å². The monoisotopic (exact) mass is 262 g/mol. The second-order valence-corrected chi connectivity index (χ2v) is 4.85. The highest BCUT2D eigenvalue weighted by molar-refractivity contribution is 5.89. The molecule has 0 spiro atoms. The summed E-state index contributed by atoms with van der Waals surface area (Å²) in [6.07, 6.45) is 2.25. The van der Waals surface area contributed by atoms with Crippen LogP contribution in [0.5, 0.6) is 0 Å². The Balaban J connectivity index is 1.80. The minimum absolute atomic E-state index is 0.0707. The lowest BCUT2D eigenvalue weighted by molar-refractivity contribution is -0.123. The van der Waals surface area contributed by atoms with Crippen molar-refractivity contribution in [2.24, 2.45) is 5.73 Å². The molecule has 1 saturated carbocycles. The molecule has 0 radical (unpaired) electrons. The normalized spacial score (nSPS) is 15.7. The lowest BCUT2D eigenvalue weighted by Crippen LogP contribution is -2.43. The molecule has 0 heterocycles. The fraction of sp³-hybridized carbons (Fsp3) is 0.429. The third-order valence-corrected chi connectivity index (χ3v) is 3.32. The van der Waals surface area contributed by atoms with Gasteiger partial charge in [-0.15, -0.1) is 0 Å². The van der Waals surface area contributed by atoms with Crippen LogP contribution in [0.4, 0.5) is 0 Å². The Hall–Kier alpha value is -1.88. The Morgan fingerprint density at radius 3 is 2.47 bits per heavy atom. The van der Waals surface area contributed by atoms with E-state index in [9.17, 15) is 9.59 Å². The maximum Gasteiger partial charge on any atom is 0.337 e. The fourth-order valence-corrected chi connectivity index (χ4v) is 1.78. The summed E-state index contributed by atoms with van der Waals surface area (Å²) in [5.41, 5.74) is 6.73. The summed E-state index contributed by atoms with van der Waals surface area (Å²) in [6, 6.07) is 7.14. The van der Waals surface area contributed by atoms with Crippen LogP contribution in [-0.2, 0) is 16.0 Å². The van der Waals surface area contributed by atoms with Crippen molar-refractivity contribution >= 4 is 11.9 Å². The van der Waals surface area contributed by atoms with Crippen LogP contribution in [0.1, 0.15) is 28.8 Å². The van der Waals surface area contributed by atoms with Crippen molar-refractivity contribution in [3.05, 3.63) is 35.4 Å². The second kappa shape index (κ2) is 5.40. The summed E-state index contributed by atoms with van der Waals surface area (Å²) in [6.45, 7) is 0.551. The Kier molecular flexibility index (Phi) is 3.85. The van der Waals surface area contributed by atoms with Crippen LogP contribution in [-0.4, -0.2) is 31.1 Å². The number of hydrogen-bond acceptors (Lipinski definition) is 4. The number of esters is 1. The number of nitrogens with two attached hydrogens (primary N) is 1. The van der Waals surface area contributed by atoms with Crippen LogP contribution in [0.15, 0.2) is 24.3 Å². The lowest BCUT2D eigenvalue weighted by Gasteiger charge is -2.10. The van der Waals surface area contributed by atoms with Crippen molar-refractivity contribution in [3.63, 3.8) is 0 Å². The van der Waals surface area contributed by atoms with Gasteiger partial charge in [-0.2, -0.15) is 0 Å². The summed E-state index contributed by atoms with van der Waals surface area (Å²) in [5.74, 6) is -0.419. The average molecular weight is 262 g/mol. The highest BCUT2D eigenvalue weighted by atomic mass is 16.5. The number of carbonyl (C=O) groups excluding carboxylic acids is 2. The molecule has 1 aliphatic carbocycles. The zero-order valence-electron chi connectivity index (χ0n) is 10.9. The number of ether oxygens (including phenoxy) is 1. The van der Waals surface area contributed by atoms with E-state index < -0.39 is 5.54 Å². The Morgan fingerprint density at radius 2 is 1.95 bits per heavy atom. The van der Waals surface area contributed by atoms with Crippen molar-refractivity contribution in [2.75, 3.05) is 13.7 Å². The molecule has 0 saturated heterocycles. The largest absolute Gasteiger partial charge is 0.465 e. The van der Waals surface area contributed by atoms with Gasteiger partial charge < -0.3 is 15.8 Å². The fourth-order valence-electron chi connectivity index (χ4n) is 1.78. The number of amides is 1. The molecule has 1 fully saturated rings. The van der Waals surface area contributed by atoms with Crippen molar-refractivity contribution < 1.29 is 14.3 Å². The van der Waals surface area contributed by atoms with Gasteiger partial charge in [0.15, 0.2) is 0 Å². The molecule has 5 heteroatoms. The molecular weight excluding hydrogens is 244 g/mol. The van der Waals surface area contributed by atoms with Crippen LogP contribution in [0.25, 0.3) is 0 Å². The maximum absolute atomic E-state index is 11.6. The van der Waals surface area contributed by atoms with E-state index in [1.807, 2.05) is 12.1 Å².